The maximum Gasteiger partial charge on any atom is 0.355 e. The van der Waals surface area contributed by atoms with E-state index in [1.807, 2.05) is 64.1 Å². The summed E-state index contributed by atoms with van der Waals surface area (Å²) in [4.78, 5) is 12.3. The number of nitrogens with one attached hydrogen (secondary N) is 2. The number of hydrogen-bond donors (Lipinski definition) is 2. The average Bonchev–Trinajstić information content (AvgIpc) is 2.77. The SMILES string of the molecule is CC(C)C(/C=C/c1ccc(Cl)c(Cl)c1)=N\NC(=O)N/N=C(/C=C/c1ccc(Cl)c(Cl)c1)C(C)C. The van der Waals surface area contributed by atoms with Crippen molar-refractivity contribution in [2.75, 3.05) is 0 Å². The van der Waals surface area contributed by atoms with Crippen LogP contribution in [0.1, 0.15) is 38.8 Å². The Hall–Kier alpha value is -2.31. The third kappa shape index (κ3) is 9.15. The molecule has 34 heavy (non-hydrogen) atoms. The smallest absolute Gasteiger partial charge is 0.245 e. The summed E-state index contributed by atoms with van der Waals surface area (Å²) in [5.41, 5.74) is 8.04. The van der Waals surface area contributed by atoms with E-state index in [0.29, 0.717) is 31.5 Å². The molecule has 2 aromatic rings. The summed E-state index contributed by atoms with van der Waals surface area (Å²) in [6.45, 7) is 7.89. The second-order valence-corrected chi connectivity index (χ2v) is 9.58. The van der Waals surface area contributed by atoms with Crippen molar-refractivity contribution in [2.45, 2.75) is 27.7 Å². The van der Waals surface area contributed by atoms with Crippen LogP contribution in [0.15, 0.2) is 58.8 Å². The zero-order chi connectivity index (χ0) is 25.3. The van der Waals surface area contributed by atoms with Crippen molar-refractivity contribution in [2.24, 2.45) is 22.0 Å². The molecule has 9 heteroatoms. The molecule has 2 amide bonds. The highest BCUT2D eigenvalue weighted by molar-refractivity contribution is 6.42. The Labute approximate surface area is 220 Å². The number of halogens is 4. The fourth-order valence-electron chi connectivity index (χ4n) is 2.57. The monoisotopic (exact) mass is 538 g/mol. The van der Waals surface area contributed by atoms with Crippen LogP contribution in [-0.2, 0) is 0 Å². The first kappa shape index (κ1) is 27.9. The van der Waals surface area contributed by atoms with Gasteiger partial charge in [0, 0.05) is 0 Å². The second kappa shape index (κ2) is 13.5. The number of rotatable bonds is 8. The van der Waals surface area contributed by atoms with Gasteiger partial charge >= 0.3 is 6.03 Å². The zero-order valence-corrected chi connectivity index (χ0v) is 22.3. The lowest BCUT2D eigenvalue weighted by Gasteiger charge is -2.08. The Bertz CT molecular complexity index is 1050. The number of hydrazone groups is 2. The van der Waals surface area contributed by atoms with Crippen LogP contribution in [0, 0.1) is 11.8 Å². The molecule has 0 saturated heterocycles. The second-order valence-electron chi connectivity index (χ2n) is 7.95. The van der Waals surface area contributed by atoms with Crippen molar-refractivity contribution in [1.29, 1.82) is 0 Å². The molecule has 0 heterocycles. The van der Waals surface area contributed by atoms with Crippen LogP contribution in [0.25, 0.3) is 12.2 Å². The number of hydrogen-bond acceptors (Lipinski definition) is 3. The summed E-state index contributed by atoms with van der Waals surface area (Å²) in [6, 6.07) is 10.1. The molecule has 0 aromatic heterocycles. The van der Waals surface area contributed by atoms with Gasteiger partial charge in [0.05, 0.1) is 31.5 Å². The van der Waals surface area contributed by atoms with Gasteiger partial charge < -0.3 is 0 Å². The molecule has 180 valence electrons. The van der Waals surface area contributed by atoms with Gasteiger partial charge in [-0.05, 0) is 59.4 Å². The zero-order valence-electron chi connectivity index (χ0n) is 19.2. The summed E-state index contributed by atoms with van der Waals surface area (Å²) < 4.78 is 0. The highest BCUT2D eigenvalue weighted by Crippen LogP contribution is 2.24. The molecule has 2 rings (SSSR count). The van der Waals surface area contributed by atoms with Crippen molar-refractivity contribution in [3.05, 3.63) is 79.8 Å². The Morgan fingerprint density at radius 1 is 0.706 bits per heavy atom. The molecule has 0 atom stereocenters. The van der Waals surface area contributed by atoms with Gasteiger partial charge in [0.2, 0.25) is 0 Å². The van der Waals surface area contributed by atoms with Crippen LogP contribution < -0.4 is 10.9 Å². The van der Waals surface area contributed by atoms with Crippen molar-refractivity contribution in [1.82, 2.24) is 10.9 Å². The van der Waals surface area contributed by atoms with E-state index in [2.05, 4.69) is 21.1 Å². The molecular weight excluding hydrogens is 514 g/mol. The lowest BCUT2D eigenvalue weighted by Crippen LogP contribution is -2.31. The Morgan fingerprint density at radius 3 is 1.41 bits per heavy atom. The van der Waals surface area contributed by atoms with E-state index >= 15 is 0 Å². The van der Waals surface area contributed by atoms with E-state index in [1.165, 1.54) is 0 Å². The minimum atomic E-state index is -0.554. The highest BCUT2D eigenvalue weighted by Gasteiger charge is 2.06. The summed E-state index contributed by atoms with van der Waals surface area (Å²) >= 11 is 24.0. The van der Waals surface area contributed by atoms with Gasteiger partial charge in [0.1, 0.15) is 0 Å². The number of urea groups is 1. The Balaban J connectivity index is 2.06. The van der Waals surface area contributed by atoms with Gasteiger partial charge in [0.25, 0.3) is 0 Å². The van der Waals surface area contributed by atoms with Crippen LogP contribution in [0.2, 0.25) is 20.1 Å². The van der Waals surface area contributed by atoms with Gasteiger partial charge in [-0.25, -0.2) is 15.6 Å². The summed E-state index contributed by atoms with van der Waals surface area (Å²) in [5, 5.41) is 10.3. The molecule has 0 aliphatic rings. The minimum Gasteiger partial charge on any atom is -0.245 e. The van der Waals surface area contributed by atoms with E-state index in [4.69, 9.17) is 46.4 Å². The van der Waals surface area contributed by atoms with Crippen LogP contribution in [0.5, 0.6) is 0 Å². The Morgan fingerprint density at radius 2 is 1.09 bits per heavy atom. The van der Waals surface area contributed by atoms with Gasteiger partial charge in [0.15, 0.2) is 0 Å². The van der Waals surface area contributed by atoms with Crippen LogP contribution in [0.3, 0.4) is 0 Å². The van der Waals surface area contributed by atoms with E-state index < -0.39 is 6.03 Å². The quantitative estimate of drug-likeness (QED) is 0.257. The largest absolute Gasteiger partial charge is 0.355 e. The van der Waals surface area contributed by atoms with E-state index in [9.17, 15) is 4.79 Å². The fourth-order valence-corrected chi connectivity index (χ4v) is 3.18. The molecule has 0 aliphatic heterocycles. The van der Waals surface area contributed by atoms with Crippen molar-refractivity contribution >= 4 is 76.0 Å². The number of carbonyl (C=O) groups is 1. The summed E-state index contributed by atoms with van der Waals surface area (Å²) in [5.74, 6) is 0.145. The molecule has 0 radical (unpaired) electrons. The first-order valence-corrected chi connectivity index (χ1v) is 12.1. The fraction of sp³-hybridized carbons (Fsp3) is 0.240. The predicted molar refractivity (Wildman–Crippen MR) is 147 cm³/mol. The molecule has 0 spiro atoms. The minimum absolute atomic E-state index is 0.0724. The summed E-state index contributed by atoms with van der Waals surface area (Å²) in [6.07, 6.45) is 7.33. The normalized spacial score (nSPS) is 12.9. The predicted octanol–water partition coefficient (Wildman–Crippen LogP) is 8.35. The lowest BCUT2D eigenvalue weighted by atomic mass is 10.1. The summed E-state index contributed by atoms with van der Waals surface area (Å²) in [7, 11) is 0. The van der Waals surface area contributed by atoms with E-state index in [0.717, 1.165) is 11.1 Å². The topological polar surface area (TPSA) is 65.8 Å². The molecule has 2 N–H and O–H groups in total. The standard InChI is InChI=1S/C25H26Cl4N4O/c1-15(2)23(11-7-17-5-9-19(26)21(28)13-17)30-32-25(34)33-31-24(16(3)4)12-8-18-6-10-20(27)22(29)14-18/h5-16H,1-4H3,(H2,32,33,34)/b11-7+,12-8+,30-23-,31-24-. The van der Waals surface area contributed by atoms with Crippen molar-refractivity contribution < 1.29 is 4.79 Å². The van der Waals surface area contributed by atoms with Crippen LogP contribution >= 0.6 is 46.4 Å². The highest BCUT2D eigenvalue weighted by atomic mass is 35.5. The molecule has 0 bridgehead atoms. The first-order chi connectivity index (χ1) is 16.1. The number of carbonyl (C=O) groups excluding carboxylic acids is 1. The van der Waals surface area contributed by atoms with E-state index in [1.54, 1.807) is 24.3 Å². The number of amides is 2. The molecule has 0 aliphatic carbocycles. The number of benzene rings is 2. The Kier molecular flexibility index (Phi) is 11.1. The molecule has 0 fully saturated rings. The van der Waals surface area contributed by atoms with Gasteiger partial charge in [-0.1, -0.05) is 98.4 Å². The number of allylic oxidation sites excluding steroid dienone is 2. The molecular formula is C25H26Cl4N4O. The molecule has 2 aromatic carbocycles. The molecule has 0 saturated carbocycles. The average molecular weight is 540 g/mol. The lowest BCUT2D eigenvalue weighted by molar-refractivity contribution is 0.241. The van der Waals surface area contributed by atoms with Gasteiger partial charge in [-0.3, -0.25) is 0 Å². The van der Waals surface area contributed by atoms with Crippen LogP contribution in [-0.4, -0.2) is 17.5 Å². The van der Waals surface area contributed by atoms with Gasteiger partial charge in [-0.15, -0.1) is 0 Å². The maximum atomic E-state index is 12.3. The van der Waals surface area contributed by atoms with Gasteiger partial charge in [-0.2, -0.15) is 10.2 Å². The third-order valence-corrected chi connectivity index (χ3v) is 6.01. The number of nitrogens with zero attached hydrogens (tertiary/aromatic N) is 2. The van der Waals surface area contributed by atoms with Crippen molar-refractivity contribution in [3.8, 4) is 0 Å². The van der Waals surface area contributed by atoms with Crippen LogP contribution in [0.4, 0.5) is 4.79 Å². The maximum absolute atomic E-state index is 12.3. The van der Waals surface area contributed by atoms with Crippen molar-refractivity contribution in [3.63, 3.8) is 0 Å². The third-order valence-electron chi connectivity index (χ3n) is 4.54. The first-order valence-electron chi connectivity index (χ1n) is 10.5. The molecule has 5 nitrogen and oxygen atoms in total. The van der Waals surface area contributed by atoms with E-state index in [-0.39, 0.29) is 11.8 Å². The molecule has 0 unspecified atom stereocenters.